The van der Waals surface area contributed by atoms with Crippen LogP contribution in [0.15, 0.2) is 18.2 Å². The van der Waals surface area contributed by atoms with Gasteiger partial charge in [0.1, 0.15) is 0 Å². The molecule has 0 radical (unpaired) electrons. The molecular formula is C11H17N. The summed E-state index contributed by atoms with van der Waals surface area (Å²) < 4.78 is 0. The van der Waals surface area contributed by atoms with Gasteiger partial charge in [-0.05, 0) is 37.0 Å². The highest BCUT2D eigenvalue weighted by Crippen LogP contribution is 2.17. The number of aryl methyl sites for hydroxylation is 1. The van der Waals surface area contributed by atoms with Gasteiger partial charge in [0.25, 0.3) is 0 Å². The summed E-state index contributed by atoms with van der Waals surface area (Å²) in [7, 11) is 0. The first-order valence-electron chi connectivity index (χ1n) is 4.59. The van der Waals surface area contributed by atoms with E-state index < -0.39 is 0 Å². The molecule has 1 nitrogen and oxygen atoms in total. The molecule has 1 rings (SSSR count). The Labute approximate surface area is 74.6 Å². The van der Waals surface area contributed by atoms with Crippen molar-refractivity contribution in [2.45, 2.75) is 33.1 Å². The average molecular weight is 163 g/mol. The number of nitrogen functional groups attached to an aromatic ring is 1. The van der Waals surface area contributed by atoms with Crippen molar-refractivity contribution in [3.63, 3.8) is 0 Å². The van der Waals surface area contributed by atoms with Crippen LogP contribution in [-0.4, -0.2) is 0 Å². The van der Waals surface area contributed by atoms with Gasteiger partial charge >= 0.3 is 0 Å². The minimum atomic E-state index is 0.920. The van der Waals surface area contributed by atoms with E-state index in [0.717, 1.165) is 12.1 Å². The van der Waals surface area contributed by atoms with Crippen molar-refractivity contribution in [1.82, 2.24) is 0 Å². The smallest absolute Gasteiger partial charge is 0.0346 e. The molecule has 0 amide bonds. The molecule has 0 saturated carbocycles. The Kier molecular flexibility index (Phi) is 3.15. The number of benzene rings is 1. The van der Waals surface area contributed by atoms with E-state index in [1.54, 1.807) is 0 Å². The van der Waals surface area contributed by atoms with Crippen molar-refractivity contribution >= 4 is 5.69 Å². The largest absolute Gasteiger partial charge is 0.399 e. The van der Waals surface area contributed by atoms with Gasteiger partial charge in [0.2, 0.25) is 0 Å². The first-order valence-corrected chi connectivity index (χ1v) is 4.59. The van der Waals surface area contributed by atoms with Crippen LogP contribution in [0.25, 0.3) is 0 Å². The Morgan fingerprint density at radius 2 is 2.08 bits per heavy atom. The second-order valence-electron chi connectivity index (χ2n) is 3.23. The summed E-state index contributed by atoms with van der Waals surface area (Å²) in [5.74, 6) is 0. The van der Waals surface area contributed by atoms with Gasteiger partial charge in [-0.15, -0.1) is 0 Å². The number of rotatable bonds is 3. The molecule has 2 N–H and O–H groups in total. The van der Waals surface area contributed by atoms with Crippen molar-refractivity contribution in [3.05, 3.63) is 29.3 Å². The summed E-state index contributed by atoms with van der Waals surface area (Å²) in [5.41, 5.74) is 9.37. The zero-order valence-corrected chi connectivity index (χ0v) is 7.93. The first-order chi connectivity index (χ1) is 5.75. The third kappa shape index (κ3) is 2.00. The minimum absolute atomic E-state index is 0.920. The summed E-state index contributed by atoms with van der Waals surface area (Å²) >= 11 is 0. The highest BCUT2D eigenvalue weighted by molar-refractivity contribution is 5.49. The highest BCUT2D eigenvalue weighted by atomic mass is 14.6. The van der Waals surface area contributed by atoms with Gasteiger partial charge in [-0.3, -0.25) is 0 Å². The molecule has 0 atom stereocenters. The number of hydrogen-bond acceptors (Lipinski definition) is 1. The van der Waals surface area contributed by atoms with Crippen LogP contribution in [0.5, 0.6) is 0 Å². The second kappa shape index (κ2) is 4.15. The molecular weight excluding hydrogens is 146 g/mol. The van der Waals surface area contributed by atoms with E-state index in [1.807, 2.05) is 12.1 Å². The zero-order valence-electron chi connectivity index (χ0n) is 7.93. The Bertz CT molecular complexity index is 253. The fourth-order valence-electron chi connectivity index (χ4n) is 1.34. The number of nitrogens with two attached hydrogens (primary N) is 1. The SMILES string of the molecule is CCCCc1cccc(N)c1C. The van der Waals surface area contributed by atoms with Crippen LogP contribution in [0, 0.1) is 6.92 Å². The van der Waals surface area contributed by atoms with Gasteiger partial charge in [-0.25, -0.2) is 0 Å². The van der Waals surface area contributed by atoms with E-state index in [2.05, 4.69) is 19.9 Å². The van der Waals surface area contributed by atoms with Crippen LogP contribution < -0.4 is 5.73 Å². The molecule has 0 bridgehead atoms. The molecule has 1 aromatic carbocycles. The van der Waals surface area contributed by atoms with E-state index in [4.69, 9.17) is 5.73 Å². The third-order valence-electron chi connectivity index (χ3n) is 2.29. The molecule has 0 aliphatic heterocycles. The lowest BCUT2D eigenvalue weighted by Crippen LogP contribution is -1.95. The summed E-state index contributed by atoms with van der Waals surface area (Å²) in [4.78, 5) is 0. The molecule has 0 unspecified atom stereocenters. The van der Waals surface area contributed by atoms with E-state index in [1.165, 1.54) is 24.0 Å². The molecule has 1 aromatic rings. The van der Waals surface area contributed by atoms with E-state index in [9.17, 15) is 0 Å². The molecule has 0 saturated heterocycles. The van der Waals surface area contributed by atoms with Crippen LogP contribution in [0.1, 0.15) is 30.9 Å². The Morgan fingerprint density at radius 3 is 2.75 bits per heavy atom. The standard InChI is InChI=1S/C11H17N/c1-3-4-6-10-7-5-8-11(12)9(10)2/h5,7-8H,3-4,6,12H2,1-2H3. The van der Waals surface area contributed by atoms with Gasteiger partial charge in [-0.1, -0.05) is 25.5 Å². The van der Waals surface area contributed by atoms with Gasteiger partial charge < -0.3 is 5.73 Å². The van der Waals surface area contributed by atoms with Gasteiger partial charge in [-0.2, -0.15) is 0 Å². The zero-order chi connectivity index (χ0) is 8.97. The molecule has 0 aliphatic rings. The quantitative estimate of drug-likeness (QED) is 0.681. The summed E-state index contributed by atoms with van der Waals surface area (Å²) in [6.07, 6.45) is 3.66. The first kappa shape index (κ1) is 9.11. The lowest BCUT2D eigenvalue weighted by Gasteiger charge is -2.06. The maximum Gasteiger partial charge on any atom is 0.0346 e. The molecule has 0 heterocycles. The molecule has 66 valence electrons. The number of unbranched alkanes of at least 4 members (excludes halogenated alkanes) is 1. The fourth-order valence-corrected chi connectivity index (χ4v) is 1.34. The lowest BCUT2D eigenvalue weighted by molar-refractivity contribution is 0.791. The monoisotopic (exact) mass is 163 g/mol. The van der Waals surface area contributed by atoms with Crippen LogP contribution in [0.2, 0.25) is 0 Å². The summed E-state index contributed by atoms with van der Waals surface area (Å²) in [6.45, 7) is 4.31. The molecule has 12 heavy (non-hydrogen) atoms. The highest BCUT2D eigenvalue weighted by Gasteiger charge is 1.99. The minimum Gasteiger partial charge on any atom is -0.399 e. The maximum absolute atomic E-state index is 5.79. The van der Waals surface area contributed by atoms with Gasteiger partial charge in [0.05, 0.1) is 0 Å². The second-order valence-corrected chi connectivity index (χ2v) is 3.23. The van der Waals surface area contributed by atoms with Crippen molar-refractivity contribution in [2.24, 2.45) is 0 Å². The molecule has 0 aliphatic carbocycles. The third-order valence-corrected chi connectivity index (χ3v) is 2.29. The van der Waals surface area contributed by atoms with E-state index in [0.29, 0.717) is 0 Å². The summed E-state index contributed by atoms with van der Waals surface area (Å²) in [5, 5.41) is 0. The van der Waals surface area contributed by atoms with Gasteiger partial charge in [0, 0.05) is 5.69 Å². The predicted molar refractivity (Wildman–Crippen MR) is 54.2 cm³/mol. The van der Waals surface area contributed by atoms with Crippen molar-refractivity contribution in [1.29, 1.82) is 0 Å². The predicted octanol–water partition coefficient (Wildman–Crippen LogP) is 2.92. The topological polar surface area (TPSA) is 26.0 Å². The van der Waals surface area contributed by atoms with Crippen LogP contribution in [0.4, 0.5) is 5.69 Å². The van der Waals surface area contributed by atoms with Crippen LogP contribution in [-0.2, 0) is 6.42 Å². The van der Waals surface area contributed by atoms with E-state index in [-0.39, 0.29) is 0 Å². The number of hydrogen-bond donors (Lipinski definition) is 1. The van der Waals surface area contributed by atoms with Crippen LogP contribution in [0.3, 0.4) is 0 Å². The Balaban J connectivity index is 2.78. The Hall–Kier alpha value is -0.980. The normalized spacial score (nSPS) is 10.2. The van der Waals surface area contributed by atoms with Crippen molar-refractivity contribution in [3.8, 4) is 0 Å². The van der Waals surface area contributed by atoms with E-state index >= 15 is 0 Å². The average Bonchev–Trinajstić information content (AvgIpc) is 2.08. The van der Waals surface area contributed by atoms with Crippen LogP contribution >= 0.6 is 0 Å². The molecule has 0 spiro atoms. The van der Waals surface area contributed by atoms with Crippen molar-refractivity contribution < 1.29 is 0 Å². The lowest BCUT2D eigenvalue weighted by atomic mass is 10.0. The molecule has 1 heteroatoms. The fraction of sp³-hybridized carbons (Fsp3) is 0.455. The maximum atomic E-state index is 5.79. The van der Waals surface area contributed by atoms with Crippen molar-refractivity contribution in [2.75, 3.05) is 5.73 Å². The molecule has 0 fully saturated rings. The number of anilines is 1. The summed E-state index contributed by atoms with van der Waals surface area (Å²) in [6, 6.07) is 6.17. The molecule has 0 aromatic heterocycles. The van der Waals surface area contributed by atoms with Gasteiger partial charge in [0.15, 0.2) is 0 Å². The Morgan fingerprint density at radius 1 is 1.33 bits per heavy atom.